The number of carbonyl (C=O) groups is 4. The molecule has 7 rings (SSSR count). The molecule has 4 aliphatic heterocycles. The van der Waals surface area contributed by atoms with Gasteiger partial charge in [0.05, 0.1) is 28.4 Å². The molecule has 3 saturated carbocycles. The van der Waals surface area contributed by atoms with Crippen LogP contribution in [0.4, 0.5) is 9.59 Å². The number of nitrogens with zero attached hydrogens (tertiary/aromatic N) is 2. The van der Waals surface area contributed by atoms with Crippen LogP contribution in [0.15, 0.2) is 0 Å². The maximum Gasteiger partial charge on any atom is 0.410 e. The summed E-state index contributed by atoms with van der Waals surface area (Å²) in [7, 11) is 4.96. The van der Waals surface area contributed by atoms with E-state index in [-0.39, 0.29) is 35.8 Å². The highest BCUT2D eigenvalue weighted by molar-refractivity contribution is 6.02. The molecule has 0 aromatic heterocycles. The van der Waals surface area contributed by atoms with Gasteiger partial charge in [0.15, 0.2) is 11.1 Å². The van der Waals surface area contributed by atoms with Crippen molar-refractivity contribution in [3.05, 3.63) is 0 Å². The lowest BCUT2D eigenvalue weighted by molar-refractivity contribution is -0.309. The van der Waals surface area contributed by atoms with E-state index in [1.54, 1.807) is 0 Å². The molecule has 0 spiro atoms. The van der Waals surface area contributed by atoms with Gasteiger partial charge in [0.1, 0.15) is 0 Å². The predicted octanol–water partition coefficient (Wildman–Crippen LogP) is 0.777. The smallest absolute Gasteiger partial charge is 0.410 e. The summed E-state index contributed by atoms with van der Waals surface area (Å²) in [6, 6.07) is -0.544. The Bertz CT molecular complexity index is 779. The molecule has 10 nitrogen and oxygen atoms in total. The number of esters is 2. The summed E-state index contributed by atoms with van der Waals surface area (Å²) in [5.41, 5.74) is -3.42. The van der Waals surface area contributed by atoms with Crippen molar-refractivity contribution in [3.63, 3.8) is 0 Å². The van der Waals surface area contributed by atoms with Gasteiger partial charge in [0, 0.05) is 23.9 Å². The number of piperidine rings is 4. The first-order chi connectivity index (χ1) is 14.4. The number of methoxy groups -OCH3 is 4. The maximum absolute atomic E-state index is 13.7. The molecule has 0 aromatic rings. The van der Waals surface area contributed by atoms with Crippen molar-refractivity contribution in [3.8, 4) is 0 Å². The van der Waals surface area contributed by atoms with Crippen molar-refractivity contribution in [2.24, 2.45) is 23.7 Å². The average molecular weight is 422 g/mol. The standard InChI is InChI=1S/C20H26N2O8/c1-27-15(23)19-13-7-10-6-12-11(13)5-9(21(19)17(25)29-3)8-14(12)20(19,16(24)28-2)22(10)18(26)30-4/h9-14H,5-8H2,1-4H3. The highest BCUT2D eigenvalue weighted by atomic mass is 16.6. The molecule has 4 saturated heterocycles. The van der Waals surface area contributed by atoms with Crippen molar-refractivity contribution in [1.82, 2.24) is 9.80 Å². The van der Waals surface area contributed by atoms with Crippen LogP contribution < -0.4 is 0 Å². The summed E-state index contributed by atoms with van der Waals surface area (Å²) < 4.78 is 20.6. The van der Waals surface area contributed by atoms with Gasteiger partial charge < -0.3 is 18.9 Å². The summed E-state index contributed by atoms with van der Waals surface area (Å²) in [4.78, 5) is 56.2. The molecule has 7 aliphatic rings. The SMILES string of the molecule is COC(=O)N1C2CC3C4CC5CC3C1(C(=O)OC)C(C(=O)OC)(C4C2)N5C(=O)OC. The highest BCUT2D eigenvalue weighted by Gasteiger charge is 2.89. The first-order valence-electron chi connectivity index (χ1n) is 10.3. The Morgan fingerprint density at radius 1 is 0.633 bits per heavy atom. The van der Waals surface area contributed by atoms with Gasteiger partial charge in [-0.15, -0.1) is 0 Å². The molecule has 0 radical (unpaired) electrons. The molecule has 8 bridgehead atoms. The Hall–Kier alpha value is -2.52. The Balaban J connectivity index is 1.87. The molecule has 2 amide bonds. The van der Waals surface area contributed by atoms with Crippen LogP contribution in [0.3, 0.4) is 0 Å². The van der Waals surface area contributed by atoms with Crippen molar-refractivity contribution < 1.29 is 38.1 Å². The minimum Gasteiger partial charge on any atom is -0.467 e. The van der Waals surface area contributed by atoms with Crippen LogP contribution in [-0.2, 0) is 28.5 Å². The Morgan fingerprint density at radius 3 is 1.30 bits per heavy atom. The number of rotatable bonds is 2. The van der Waals surface area contributed by atoms with Gasteiger partial charge in [0.2, 0.25) is 0 Å². The summed E-state index contributed by atoms with van der Waals surface area (Å²) in [5, 5.41) is 0. The minimum atomic E-state index is -1.71. The molecule has 4 heterocycles. The zero-order valence-electron chi connectivity index (χ0n) is 17.5. The molecule has 8 atom stereocenters. The fraction of sp³-hybridized carbons (Fsp3) is 0.800. The van der Waals surface area contributed by atoms with Crippen molar-refractivity contribution >= 4 is 24.1 Å². The third kappa shape index (κ3) is 1.71. The lowest BCUT2D eigenvalue weighted by atomic mass is 9.35. The molecule has 0 aromatic carbocycles. The molecular weight excluding hydrogens is 396 g/mol. The van der Waals surface area contributed by atoms with E-state index in [4.69, 9.17) is 18.9 Å². The second-order valence-electron chi connectivity index (χ2n) is 8.99. The number of hydrogen-bond acceptors (Lipinski definition) is 8. The maximum atomic E-state index is 13.7. The molecule has 7 fully saturated rings. The molecule has 8 unspecified atom stereocenters. The molecule has 3 aliphatic carbocycles. The average Bonchev–Trinajstić information content (AvgIpc) is 2.78. The van der Waals surface area contributed by atoms with Crippen LogP contribution in [0.25, 0.3) is 0 Å². The monoisotopic (exact) mass is 422 g/mol. The van der Waals surface area contributed by atoms with Crippen LogP contribution >= 0.6 is 0 Å². The molecule has 164 valence electrons. The number of carbonyl (C=O) groups excluding carboxylic acids is 4. The van der Waals surface area contributed by atoms with Gasteiger partial charge in [-0.25, -0.2) is 19.2 Å². The van der Waals surface area contributed by atoms with E-state index in [0.29, 0.717) is 12.8 Å². The second kappa shape index (κ2) is 6.01. The first-order valence-corrected chi connectivity index (χ1v) is 10.3. The summed E-state index contributed by atoms with van der Waals surface area (Å²) in [5.74, 6) is -1.75. The van der Waals surface area contributed by atoms with E-state index in [1.165, 1.54) is 38.2 Å². The first kappa shape index (κ1) is 19.4. The third-order valence-corrected chi connectivity index (χ3v) is 8.60. The van der Waals surface area contributed by atoms with Crippen LogP contribution in [0.2, 0.25) is 0 Å². The lowest BCUT2D eigenvalue weighted by Crippen LogP contribution is -2.97. The fourth-order valence-corrected chi connectivity index (χ4v) is 8.18. The molecule has 30 heavy (non-hydrogen) atoms. The minimum absolute atomic E-state index is 0.169. The molecular formula is C20H26N2O8. The van der Waals surface area contributed by atoms with Crippen LogP contribution in [0.1, 0.15) is 25.7 Å². The van der Waals surface area contributed by atoms with E-state index in [9.17, 15) is 19.2 Å². The van der Waals surface area contributed by atoms with Gasteiger partial charge in [-0.05, 0) is 37.5 Å². The van der Waals surface area contributed by atoms with Gasteiger partial charge in [-0.3, -0.25) is 9.80 Å². The predicted molar refractivity (Wildman–Crippen MR) is 98.0 cm³/mol. The van der Waals surface area contributed by atoms with Gasteiger partial charge in [-0.1, -0.05) is 0 Å². The van der Waals surface area contributed by atoms with Crippen LogP contribution in [-0.4, -0.2) is 85.5 Å². The van der Waals surface area contributed by atoms with E-state index < -0.39 is 35.2 Å². The quantitative estimate of drug-likeness (QED) is 0.474. The van der Waals surface area contributed by atoms with E-state index in [0.717, 1.165) is 12.8 Å². The topological polar surface area (TPSA) is 112 Å². The fourth-order valence-electron chi connectivity index (χ4n) is 8.18. The van der Waals surface area contributed by atoms with Gasteiger partial charge >= 0.3 is 24.1 Å². The number of amides is 2. The van der Waals surface area contributed by atoms with Crippen molar-refractivity contribution in [2.75, 3.05) is 28.4 Å². The van der Waals surface area contributed by atoms with E-state index in [1.807, 2.05) is 0 Å². The van der Waals surface area contributed by atoms with E-state index in [2.05, 4.69) is 0 Å². The number of ether oxygens (including phenoxy) is 4. The second-order valence-corrected chi connectivity index (χ2v) is 8.99. The van der Waals surface area contributed by atoms with Gasteiger partial charge in [-0.2, -0.15) is 0 Å². The summed E-state index contributed by atoms with van der Waals surface area (Å²) >= 11 is 0. The Kier molecular flexibility index (Phi) is 3.90. The zero-order chi connectivity index (χ0) is 21.6. The number of hydrogen-bond donors (Lipinski definition) is 0. The molecule has 0 N–H and O–H groups in total. The summed E-state index contributed by atoms with van der Waals surface area (Å²) in [6.07, 6.45) is 1.06. The third-order valence-electron chi connectivity index (χ3n) is 8.60. The zero-order valence-corrected chi connectivity index (χ0v) is 17.5. The molecule has 10 heteroatoms. The Labute approximate surface area is 173 Å². The summed E-state index contributed by atoms with van der Waals surface area (Å²) in [6.45, 7) is 0. The highest BCUT2D eigenvalue weighted by Crippen LogP contribution is 2.73. The lowest BCUT2D eigenvalue weighted by Gasteiger charge is -2.80. The Morgan fingerprint density at radius 2 is 1.00 bits per heavy atom. The normalized spacial score (nSPS) is 44.1. The van der Waals surface area contributed by atoms with Crippen LogP contribution in [0, 0.1) is 23.7 Å². The largest absolute Gasteiger partial charge is 0.467 e. The van der Waals surface area contributed by atoms with E-state index >= 15 is 0 Å². The van der Waals surface area contributed by atoms with Gasteiger partial charge in [0.25, 0.3) is 0 Å². The van der Waals surface area contributed by atoms with Crippen LogP contribution in [0.5, 0.6) is 0 Å². The van der Waals surface area contributed by atoms with Crippen molar-refractivity contribution in [2.45, 2.75) is 48.8 Å². The van der Waals surface area contributed by atoms with Crippen molar-refractivity contribution in [1.29, 1.82) is 0 Å².